The summed E-state index contributed by atoms with van der Waals surface area (Å²) in [5.41, 5.74) is 2.94. The molecule has 0 aliphatic carbocycles. The van der Waals surface area contributed by atoms with Crippen LogP contribution in [0.15, 0.2) is 60.7 Å². The van der Waals surface area contributed by atoms with E-state index in [9.17, 15) is 9.59 Å². The lowest BCUT2D eigenvalue weighted by Crippen LogP contribution is -2.46. The van der Waals surface area contributed by atoms with Crippen molar-refractivity contribution < 1.29 is 14.3 Å². The van der Waals surface area contributed by atoms with Crippen LogP contribution >= 0.6 is 0 Å². The van der Waals surface area contributed by atoms with Crippen LogP contribution in [-0.4, -0.2) is 55.0 Å². The summed E-state index contributed by atoms with van der Waals surface area (Å²) in [5.74, 6) is 0.376. The zero-order valence-corrected chi connectivity index (χ0v) is 19.8. The summed E-state index contributed by atoms with van der Waals surface area (Å²) in [4.78, 5) is 31.1. The number of likely N-dealkylation sites (tertiary alicyclic amines) is 1. The molecule has 2 aromatic carbocycles. The number of pyridine rings is 1. The number of anilines is 1. The number of rotatable bonds is 7. The van der Waals surface area contributed by atoms with Crippen molar-refractivity contribution in [1.82, 2.24) is 15.2 Å². The Morgan fingerprint density at radius 2 is 2.09 bits per heavy atom. The van der Waals surface area contributed by atoms with E-state index in [0.717, 1.165) is 22.0 Å². The van der Waals surface area contributed by atoms with Crippen LogP contribution in [0.4, 0.5) is 5.69 Å². The number of benzene rings is 2. The SMILES string of the molecule is C=C(C#N)CNc1c(OC)ccc2ccc(-c3cccc(C(=O)NC4CCN(C)C(=O)C4)n3)cc12. The van der Waals surface area contributed by atoms with E-state index in [-0.39, 0.29) is 17.9 Å². The molecule has 178 valence electrons. The Morgan fingerprint density at radius 3 is 2.83 bits per heavy atom. The van der Waals surface area contributed by atoms with Gasteiger partial charge in [0.25, 0.3) is 5.91 Å². The summed E-state index contributed by atoms with van der Waals surface area (Å²) in [7, 11) is 3.36. The molecule has 0 spiro atoms. The van der Waals surface area contributed by atoms with E-state index < -0.39 is 0 Å². The van der Waals surface area contributed by atoms with Crippen molar-refractivity contribution in [3.05, 3.63) is 66.4 Å². The van der Waals surface area contributed by atoms with Crippen LogP contribution < -0.4 is 15.4 Å². The monoisotopic (exact) mass is 469 g/mol. The summed E-state index contributed by atoms with van der Waals surface area (Å²) >= 11 is 0. The zero-order valence-electron chi connectivity index (χ0n) is 19.8. The maximum atomic E-state index is 12.9. The number of fused-ring (bicyclic) bond motifs is 1. The van der Waals surface area contributed by atoms with Gasteiger partial charge in [0, 0.05) is 49.1 Å². The number of carbonyl (C=O) groups excluding carboxylic acids is 2. The number of nitrogens with one attached hydrogen (secondary N) is 2. The molecule has 35 heavy (non-hydrogen) atoms. The molecule has 2 amide bonds. The number of aromatic nitrogens is 1. The third-order valence-electron chi connectivity index (χ3n) is 6.11. The Bertz CT molecular complexity index is 1340. The first-order valence-corrected chi connectivity index (χ1v) is 11.3. The van der Waals surface area contributed by atoms with Crippen LogP contribution in [0, 0.1) is 11.3 Å². The standard InChI is InChI=1S/C27H27N5O3/c1-17(15-28)16-29-26-21-13-19(8-7-18(21)9-10-24(26)35-3)22-5-4-6-23(31-22)27(34)30-20-11-12-32(2)25(33)14-20/h4-10,13,20,29H,1,11-12,14,16H2,2-3H3,(H,30,34). The van der Waals surface area contributed by atoms with E-state index in [1.54, 1.807) is 31.2 Å². The van der Waals surface area contributed by atoms with Gasteiger partial charge in [-0.1, -0.05) is 30.8 Å². The molecule has 1 unspecified atom stereocenters. The smallest absolute Gasteiger partial charge is 0.270 e. The van der Waals surface area contributed by atoms with Gasteiger partial charge in [-0.25, -0.2) is 4.98 Å². The average Bonchev–Trinajstić information content (AvgIpc) is 2.88. The highest BCUT2D eigenvalue weighted by Crippen LogP contribution is 2.35. The van der Waals surface area contributed by atoms with E-state index in [1.165, 1.54) is 0 Å². The Hall–Kier alpha value is -4.38. The number of methoxy groups -OCH3 is 1. The van der Waals surface area contributed by atoms with Crippen molar-refractivity contribution in [3.8, 4) is 23.1 Å². The Morgan fingerprint density at radius 1 is 1.29 bits per heavy atom. The number of hydrogen-bond donors (Lipinski definition) is 2. The molecule has 8 nitrogen and oxygen atoms in total. The Balaban J connectivity index is 1.62. The van der Waals surface area contributed by atoms with Crippen molar-refractivity contribution in [2.24, 2.45) is 0 Å². The summed E-state index contributed by atoms with van der Waals surface area (Å²) in [6.45, 7) is 4.65. The lowest BCUT2D eigenvalue weighted by Gasteiger charge is -2.29. The number of piperidine rings is 1. The van der Waals surface area contributed by atoms with E-state index in [4.69, 9.17) is 10.00 Å². The van der Waals surface area contributed by atoms with Gasteiger partial charge in [-0.2, -0.15) is 5.26 Å². The summed E-state index contributed by atoms with van der Waals surface area (Å²) in [6.07, 6.45) is 1.01. The van der Waals surface area contributed by atoms with Gasteiger partial charge in [0.2, 0.25) is 5.91 Å². The zero-order chi connectivity index (χ0) is 24.9. The fourth-order valence-corrected chi connectivity index (χ4v) is 4.09. The van der Waals surface area contributed by atoms with Crippen LogP contribution in [0.5, 0.6) is 5.75 Å². The predicted octanol–water partition coefficient (Wildman–Crippen LogP) is 3.75. The van der Waals surface area contributed by atoms with Crippen molar-refractivity contribution in [2.75, 3.05) is 32.6 Å². The average molecular weight is 470 g/mol. The predicted molar refractivity (Wildman–Crippen MR) is 135 cm³/mol. The molecule has 4 rings (SSSR count). The quantitative estimate of drug-likeness (QED) is 0.511. The van der Waals surface area contributed by atoms with E-state index in [2.05, 4.69) is 22.2 Å². The Kier molecular flexibility index (Phi) is 6.97. The fourth-order valence-electron chi connectivity index (χ4n) is 4.09. The third-order valence-corrected chi connectivity index (χ3v) is 6.11. The van der Waals surface area contributed by atoms with E-state index in [1.807, 2.05) is 42.5 Å². The molecule has 0 saturated carbocycles. The minimum atomic E-state index is -0.297. The van der Waals surface area contributed by atoms with Gasteiger partial charge in [0.1, 0.15) is 11.4 Å². The molecule has 8 heteroatoms. The van der Waals surface area contributed by atoms with Crippen molar-refractivity contribution in [3.63, 3.8) is 0 Å². The number of hydrogen-bond acceptors (Lipinski definition) is 6. The first kappa shape index (κ1) is 23.8. The van der Waals surface area contributed by atoms with Gasteiger partial charge in [-0.05, 0) is 36.1 Å². The molecule has 1 atom stereocenters. The van der Waals surface area contributed by atoms with Crippen LogP contribution in [0.2, 0.25) is 0 Å². The summed E-state index contributed by atoms with van der Waals surface area (Å²) < 4.78 is 5.53. The number of amides is 2. The van der Waals surface area contributed by atoms with E-state index >= 15 is 0 Å². The molecule has 1 aromatic heterocycles. The number of nitriles is 1. The van der Waals surface area contributed by atoms with Gasteiger partial charge in [0.15, 0.2) is 0 Å². The summed E-state index contributed by atoms with van der Waals surface area (Å²) in [5, 5.41) is 17.1. The van der Waals surface area contributed by atoms with Gasteiger partial charge in [0.05, 0.1) is 24.6 Å². The minimum absolute atomic E-state index is 0.0256. The second-order valence-electron chi connectivity index (χ2n) is 8.53. The van der Waals surface area contributed by atoms with Gasteiger partial charge < -0.3 is 20.3 Å². The molecule has 2 heterocycles. The van der Waals surface area contributed by atoms with Crippen molar-refractivity contribution in [2.45, 2.75) is 18.9 Å². The first-order valence-electron chi connectivity index (χ1n) is 11.3. The lowest BCUT2D eigenvalue weighted by atomic mass is 10.0. The molecule has 0 radical (unpaired) electrons. The van der Waals surface area contributed by atoms with Crippen molar-refractivity contribution >= 4 is 28.3 Å². The van der Waals surface area contributed by atoms with Crippen LogP contribution in [0.3, 0.4) is 0 Å². The molecule has 1 saturated heterocycles. The topological polar surface area (TPSA) is 107 Å². The highest BCUT2D eigenvalue weighted by atomic mass is 16.5. The largest absolute Gasteiger partial charge is 0.495 e. The molecule has 3 aromatic rings. The highest BCUT2D eigenvalue weighted by Gasteiger charge is 2.25. The highest BCUT2D eigenvalue weighted by molar-refractivity contribution is 5.99. The number of nitrogens with zero attached hydrogens (tertiary/aromatic N) is 3. The lowest BCUT2D eigenvalue weighted by molar-refractivity contribution is -0.132. The van der Waals surface area contributed by atoms with Crippen LogP contribution in [0.25, 0.3) is 22.0 Å². The molecular formula is C27H27N5O3. The van der Waals surface area contributed by atoms with Crippen LogP contribution in [-0.2, 0) is 4.79 Å². The molecule has 1 fully saturated rings. The fraction of sp³-hybridized carbons (Fsp3) is 0.259. The van der Waals surface area contributed by atoms with Gasteiger partial charge >= 0.3 is 0 Å². The first-order chi connectivity index (χ1) is 16.9. The van der Waals surface area contributed by atoms with Crippen LogP contribution in [0.1, 0.15) is 23.3 Å². The molecule has 1 aliphatic rings. The second kappa shape index (κ2) is 10.3. The maximum Gasteiger partial charge on any atom is 0.270 e. The Labute approximate surface area is 204 Å². The molecule has 2 N–H and O–H groups in total. The molecule has 0 bridgehead atoms. The molecule has 1 aliphatic heterocycles. The number of carbonyl (C=O) groups is 2. The van der Waals surface area contributed by atoms with Gasteiger partial charge in [-0.3, -0.25) is 9.59 Å². The second-order valence-corrected chi connectivity index (χ2v) is 8.53. The normalized spacial score (nSPS) is 15.4. The summed E-state index contributed by atoms with van der Waals surface area (Å²) in [6, 6.07) is 16.9. The van der Waals surface area contributed by atoms with Gasteiger partial charge in [-0.15, -0.1) is 0 Å². The van der Waals surface area contributed by atoms with Crippen molar-refractivity contribution in [1.29, 1.82) is 5.26 Å². The minimum Gasteiger partial charge on any atom is -0.495 e. The van der Waals surface area contributed by atoms with E-state index in [0.29, 0.717) is 48.6 Å². The molecular weight excluding hydrogens is 442 g/mol. The number of ether oxygens (including phenoxy) is 1. The maximum absolute atomic E-state index is 12.9. The third kappa shape index (κ3) is 5.25.